The van der Waals surface area contributed by atoms with Crippen molar-refractivity contribution in [1.29, 1.82) is 0 Å². The first-order chi connectivity index (χ1) is 11.0. The van der Waals surface area contributed by atoms with Crippen LogP contribution in [0.15, 0.2) is 58.6 Å². The monoisotopic (exact) mass is 325 g/mol. The molecule has 0 atom stereocenters. The summed E-state index contributed by atoms with van der Waals surface area (Å²) in [5, 5.41) is 0.694. The summed E-state index contributed by atoms with van der Waals surface area (Å²) in [5.41, 5.74) is 3.93. The van der Waals surface area contributed by atoms with Crippen molar-refractivity contribution < 1.29 is 0 Å². The number of terminal acetylenes is 1. The van der Waals surface area contributed by atoms with Gasteiger partial charge in [-0.2, -0.15) is 0 Å². The first-order valence-corrected chi connectivity index (χ1v) is 8.20. The van der Waals surface area contributed by atoms with E-state index in [1.807, 2.05) is 56.5 Å². The number of rotatable bonds is 6. The van der Waals surface area contributed by atoms with E-state index in [1.54, 1.807) is 0 Å². The van der Waals surface area contributed by atoms with Crippen LogP contribution in [0.4, 0.5) is 0 Å². The van der Waals surface area contributed by atoms with Gasteiger partial charge >= 0.3 is 0 Å². The first-order valence-electron chi connectivity index (χ1n) is 7.82. The van der Waals surface area contributed by atoms with Gasteiger partial charge in [-0.1, -0.05) is 48.2 Å². The number of aliphatic imine (C=N–C) groups is 1. The van der Waals surface area contributed by atoms with Gasteiger partial charge in [0.1, 0.15) is 0 Å². The van der Waals surface area contributed by atoms with E-state index in [0.717, 1.165) is 28.7 Å². The second-order valence-corrected chi connectivity index (χ2v) is 6.02. The van der Waals surface area contributed by atoms with Crippen molar-refractivity contribution in [3.05, 3.63) is 64.2 Å². The molecule has 0 bridgehead atoms. The van der Waals surface area contributed by atoms with Crippen molar-refractivity contribution in [2.24, 2.45) is 4.99 Å². The molecule has 1 aromatic carbocycles. The van der Waals surface area contributed by atoms with E-state index in [4.69, 9.17) is 18.0 Å². The van der Waals surface area contributed by atoms with Crippen molar-refractivity contribution in [3.63, 3.8) is 0 Å². The zero-order valence-corrected chi connectivity index (χ0v) is 15.1. The molecule has 0 fully saturated rings. The molecular formula is C21H24ClN. The summed E-state index contributed by atoms with van der Waals surface area (Å²) in [6, 6.07) is 7.93. The van der Waals surface area contributed by atoms with Crippen LogP contribution in [0.5, 0.6) is 0 Å². The Morgan fingerprint density at radius 2 is 2.09 bits per heavy atom. The van der Waals surface area contributed by atoms with E-state index < -0.39 is 0 Å². The van der Waals surface area contributed by atoms with Crippen molar-refractivity contribution in [2.75, 3.05) is 0 Å². The molecule has 0 aromatic heterocycles. The zero-order chi connectivity index (χ0) is 17.2. The average Bonchev–Trinajstić information content (AvgIpc) is 2.50. The van der Waals surface area contributed by atoms with Gasteiger partial charge < -0.3 is 0 Å². The van der Waals surface area contributed by atoms with Crippen LogP contribution in [0, 0.1) is 12.3 Å². The molecule has 0 aliphatic carbocycles. The molecule has 0 radical (unpaired) electrons. The summed E-state index contributed by atoms with van der Waals surface area (Å²) in [6.45, 7) is 8.24. The van der Waals surface area contributed by atoms with E-state index in [9.17, 15) is 0 Å². The highest BCUT2D eigenvalue weighted by Crippen LogP contribution is 2.20. The Labute approximate surface area is 145 Å². The third kappa shape index (κ3) is 7.17. The first kappa shape index (κ1) is 19.0. The molecule has 120 valence electrons. The van der Waals surface area contributed by atoms with Gasteiger partial charge in [0, 0.05) is 28.4 Å². The number of halogens is 1. The maximum absolute atomic E-state index is 6.11. The molecule has 0 aliphatic heterocycles. The van der Waals surface area contributed by atoms with E-state index in [1.165, 1.54) is 0 Å². The van der Waals surface area contributed by atoms with Gasteiger partial charge in [0.2, 0.25) is 0 Å². The molecule has 0 saturated heterocycles. The summed E-state index contributed by atoms with van der Waals surface area (Å²) in [7, 11) is 0. The van der Waals surface area contributed by atoms with Gasteiger partial charge in [0.25, 0.3) is 0 Å². The molecule has 2 heteroatoms. The number of hydrogen-bond acceptors (Lipinski definition) is 1. The molecule has 0 unspecified atom stereocenters. The predicted octanol–water partition coefficient (Wildman–Crippen LogP) is 6.12. The van der Waals surface area contributed by atoms with Crippen LogP contribution >= 0.6 is 11.6 Å². The Morgan fingerprint density at radius 3 is 2.65 bits per heavy atom. The van der Waals surface area contributed by atoms with Crippen molar-refractivity contribution in [3.8, 4) is 12.3 Å². The quantitative estimate of drug-likeness (QED) is 0.339. The standard InChI is InChI=1S/C21H24ClN/c1-6-9-17(5)12-18(7-2)13-20(15-23-16(3)4)19-10-8-11-21(22)14-19/h2,8-16H,6H2,1,3-5H3/b17-9-,18-12+,20-13+,23-15-. The van der Waals surface area contributed by atoms with Crippen LogP contribution in [0.25, 0.3) is 5.57 Å². The lowest BCUT2D eigenvalue weighted by Crippen LogP contribution is -1.93. The summed E-state index contributed by atoms with van der Waals surface area (Å²) in [5.74, 6) is 2.74. The fourth-order valence-corrected chi connectivity index (χ4v) is 2.20. The maximum Gasteiger partial charge on any atom is 0.0443 e. The van der Waals surface area contributed by atoms with Gasteiger partial charge in [-0.15, -0.1) is 6.42 Å². The van der Waals surface area contributed by atoms with Crippen LogP contribution in [0.3, 0.4) is 0 Å². The fraction of sp³-hybridized carbons (Fsp3) is 0.286. The molecule has 0 saturated carbocycles. The summed E-state index contributed by atoms with van der Waals surface area (Å²) in [4.78, 5) is 4.49. The Balaban J connectivity index is 3.33. The largest absolute Gasteiger partial charge is 0.290 e. The topological polar surface area (TPSA) is 12.4 Å². The minimum absolute atomic E-state index is 0.220. The summed E-state index contributed by atoms with van der Waals surface area (Å²) in [6.07, 6.45) is 14.6. The lowest BCUT2D eigenvalue weighted by Gasteiger charge is -2.05. The molecule has 0 spiro atoms. The Morgan fingerprint density at radius 1 is 1.35 bits per heavy atom. The zero-order valence-electron chi connectivity index (χ0n) is 14.3. The molecule has 1 aromatic rings. The van der Waals surface area contributed by atoms with Gasteiger partial charge in [0.15, 0.2) is 0 Å². The van der Waals surface area contributed by atoms with Crippen LogP contribution in [0.1, 0.15) is 39.7 Å². The number of allylic oxidation sites excluding steroid dienone is 6. The number of benzene rings is 1. The maximum atomic E-state index is 6.11. The Kier molecular flexibility index (Phi) is 8.16. The van der Waals surface area contributed by atoms with Crippen LogP contribution in [-0.2, 0) is 0 Å². The summed E-state index contributed by atoms with van der Waals surface area (Å²) >= 11 is 6.11. The van der Waals surface area contributed by atoms with Crippen molar-refractivity contribution in [2.45, 2.75) is 40.2 Å². The molecule has 1 nitrogen and oxygen atoms in total. The normalized spacial score (nSPS) is 13.7. The molecule has 0 amide bonds. The van der Waals surface area contributed by atoms with Crippen LogP contribution in [-0.4, -0.2) is 12.3 Å². The van der Waals surface area contributed by atoms with Gasteiger partial charge in [-0.25, -0.2) is 0 Å². The van der Waals surface area contributed by atoms with E-state index in [-0.39, 0.29) is 6.04 Å². The van der Waals surface area contributed by atoms with E-state index >= 15 is 0 Å². The third-order valence-electron chi connectivity index (χ3n) is 3.06. The van der Waals surface area contributed by atoms with Crippen LogP contribution in [0.2, 0.25) is 5.02 Å². The Hall–Kier alpha value is -2.04. The SMILES string of the molecule is C#CC(=C\C(C)=C/CC)/C=C(\C=N/C(C)C)c1cccc(Cl)c1. The predicted molar refractivity (Wildman–Crippen MR) is 104 cm³/mol. The lowest BCUT2D eigenvalue weighted by atomic mass is 10.0. The fourth-order valence-electron chi connectivity index (χ4n) is 2.01. The molecule has 0 aliphatic rings. The van der Waals surface area contributed by atoms with E-state index in [0.29, 0.717) is 5.02 Å². The highest BCUT2D eigenvalue weighted by molar-refractivity contribution is 6.31. The number of nitrogens with zero attached hydrogens (tertiary/aromatic N) is 1. The van der Waals surface area contributed by atoms with Crippen LogP contribution < -0.4 is 0 Å². The molecular weight excluding hydrogens is 302 g/mol. The second kappa shape index (κ2) is 9.87. The second-order valence-electron chi connectivity index (χ2n) is 5.58. The molecule has 0 N–H and O–H groups in total. The van der Waals surface area contributed by atoms with Crippen molar-refractivity contribution in [1.82, 2.24) is 0 Å². The molecule has 0 heterocycles. The van der Waals surface area contributed by atoms with Crippen molar-refractivity contribution >= 4 is 23.4 Å². The molecule has 1 rings (SSSR count). The minimum Gasteiger partial charge on any atom is -0.290 e. The van der Waals surface area contributed by atoms with E-state index in [2.05, 4.69) is 30.8 Å². The smallest absolute Gasteiger partial charge is 0.0443 e. The molecule has 23 heavy (non-hydrogen) atoms. The Bertz CT molecular complexity index is 682. The highest BCUT2D eigenvalue weighted by Gasteiger charge is 2.02. The van der Waals surface area contributed by atoms with Gasteiger partial charge in [0.05, 0.1) is 0 Å². The van der Waals surface area contributed by atoms with Gasteiger partial charge in [-0.05, 0) is 57.0 Å². The number of hydrogen-bond donors (Lipinski definition) is 0. The highest BCUT2D eigenvalue weighted by atomic mass is 35.5. The minimum atomic E-state index is 0.220. The summed E-state index contributed by atoms with van der Waals surface area (Å²) < 4.78 is 0. The van der Waals surface area contributed by atoms with Gasteiger partial charge in [-0.3, -0.25) is 4.99 Å². The third-order valence-corrected chi connectivity index (χ3v) is 3.29. The lowest BCUT2D eigenvalue weighted by molar-refractivity contribution is 0.842. The average molecular weight is 326 g/mol.